The van der Waals surface area contributed by atoms with Gasteiger partial charge in [-0.15, -0.1) is 0 Å². The third kappa shape index (κ3) is 4.98. The minimum atomic E-state index is -3.97. The number of nitrogens with zero attached hydrogens (tertiary/aromatic N) is 1. The van der Waals surface area contributed by atoms with Crippen molar-refractivity contribution < 1.29 is 22.7 Å². The van der Waals surface area contributed by atoms with Crippen LogP contribution in [0.5, 0.6) is 5.75 Å². The molecule has 0 heterocycles. The molecule has 140 valence electrons. The Labute approximate surface area is 161 Å². The quantitative estimate of drug-likeness (QED) is 0.613. The van der Waals surface area contributed by atoms with E-state index in [9.17, 15) is 13.2 Å². The molecule has 0 spiro atoms. The van der Waals surface area contributed by atoms with Gasteiger partial charge < -0.3 is 9.47 Å². The maximum atomic E-state index is 13.1. The van der Waals surface area contributed by atoms with Crippen LogP contribution in [-0.4, -0.2) is 34.1 Å². The molecular formula is C18H20BrNO5S. The van der Waals surface area contributed by atoms with Crippen LogP contribution in [0.1, 0.15) is 13.8 Å². The van der Waals surface area contributed by atoms with Crippen molar-refractivity contribution >= 4 is 37.6 Å². The molecular weight excluding hydrogens is 422 g/mol. The highest BCUT2D eigenvalue weighted by Gasteiger charge is 2.28. The highest BCUT2D eigenvalue weighted by Crippen LogP contribution is 2.27. The fraction of sp³-hybridized carbons (Fsp3) is 0.278. The van der Waals surface area contributed by atoms with Gasteiger partial charge in [-0.1, -0.05) is 22.0 Å². The average Bonchev–Trinajstić information content (AvgIpc) is 2.59. The second-order valence-corrected chi connectivity index (χ2v) is 8.48. The minimum absolute atomic E-state index is 0.0702. The van der Waals surface area contributed by atoms with Crippen LogP contribution in [0.2, 0.25) is 0 Å². The molecule has 26 heavy (non-hydrogen) atoms. The molecule has 0 amide bonds. The van der Waals surface area contributed by atoms with Crippen molar-refractivity contribution in [3.63, 3.8) is 0 Å². The first-order chi connectivity index (χ1) is 12.2. The van der Waals surface area contributed by atoms with Crippen molar-refractivity contribution in [2.24, 2.45) is 0 Å². The summed E-state index contributed by atoms with van der Waals surface area (Å²) in [4.78, 5) is 12.2. The monoisotopic (exact) mass is 441 g/mol. The molecule has 0 atom stereocenters. The highest BCUT2D eigenvalue weighted by molar-refractivity contribution is 9.10. The summed E-state index contributed by atoms with van der Waals surface area (Å²) in [5.74, 6) is -0.153. The summed E-state index contributed by atoms with van der Waals surface area (Å²) in [5.41, 5.74) is 0.313. The molecule has 6 nitrogen and oxygen atoms in total. The van der Waals surface area contributed by atoms with Crippen LogP contribution in [0.3, 0.4) is 0 Å². The summed E-state index contributed by atoms with van der Waals surface area (Å²) in [6, 6.07) is 12.7. The van der Waals surface area contributed by atoms with Crippen molar-refractivity contribution in [1.82, 2.24) is 0 Å². The summed E-state index contributed by atoms with van der Waals surface area (Å²) in [7, 11) is -2.48. The molecule has 0 saturated heterocycles. The lowest BCUT2D eigenvalue weighted by atomic mass is 10.3. The average molecular weight is 442 g/mol. The van der Waals surface area contributed by atoms with Gasteiger partial charge in [0.2, 0.25) is 0 Å². The van der Waals surface area contributed by atoms with Gasteiger partial charge in [-0.3, -0.25) is 9.10 Å². The summed E-state index contributed by atoms with van der Waals surface area (Å²) in [6.45, 7) is 2.97. The van der Waals surface area contributed by atoms with E-state index >= 15 is 0 Å². The lowest BCUT2D eigenvalue weighted by molar-refractivity contribution is -0.145. The van der Waals surface area contributed by atoms with E-state index in [1.807, 2.05) is 0 Å². The number of rotatable bonds is 7. The van der Waals surface area contributed by atoms with Gasteiger partial charge in [0.05, 0.1) is 23.8 Å². The van der Waals surface area contributed by atoms with E-state index in [0.717, 1.165) is 8.78 Å². The van der Waals surface area contributed by atoms with Crippen molar-refractivity contribution in [3.8, 4) is 5.75 Å². The van der Waals surface area contributed by atoms with Crippen molar-refractivity contribution in [3.05, 3.63) is 53.0 Å². The van der Waals surface area contributed by atoms with Gasteiger partial charge in [-0.2, -0.15) is 0 Å². The normalized spacial score (nSPS) is 11.3. The summed E-state index contributed by atoms with van der Waals surface area (Å²) >= 11 is 3.28. The number of hydrogen-bond donors (Lipinski definition) is 0. The molecule has 0 aliphatic carbocycles. The summed E-state index contributed by atoms with van der Waals surface area (Å²) < 4.78 is 38.3. The van der Waals surface area contributed by atoms with Gasteiger partial charge in [-0.25, -0.2) is 8.42 Å². The Morgan fingerprint density at radius 1 is 1.15 bits per heavy atom. The number of halogens is 1. The Morgan fingerprint density at radius 3 is 2.38 bits per heavy atom. The van der Waals surface area contributed by atoms with Crippen LogP contribution in [0.4, 0.5) is 5.69 Å². The number of benzene rings is 2. The van der Waals surface area contributed by atoms with E-state index in [2.05, 4.69) is 15.9 Å². The number of hydrogen-bond acceptors (Lipinski definition) is 5. The highest BCUT2D eigenvalue weighted by atomic mass is 79.9. The molecule has 0 aromatic heterocycles. The molecule has 0 radical (unpaired) electrons. The molecule has 2 aromatic carbocycles. The van der Waals surface area contributed by atoms with Gasteiger partial charge in [0.15, 0.2) is 0 Å². The first-order valence-corrected chi connectivity index (χ1v) is 10.1. The van der Waals surface area contributed by atoms with E-state index in [4.69, 9.17) is 9.47 Å². The van der Waals surface area contributed by atoms with Crippen molar-refractivity contribution in [2.45, 2.75) is 24.8 Å². The predicted octanol–water partition coefficient (Wildman–Crippen LogP) is 3.60. The number of anilines is 1. The SMILES string of the molecule is COc1cccc(N(CC(=O)OC(C)C)S(=O)(=O)c2ccc(Br)cc2)c1. The van der Waals surface area contributed by atoms with E-state index < -0.39 is 22.5 Å². The Morgan fingerprint density at radius 2 is 1.81 bits per heavy atom. The predicted molar refractivity (Wildman–Crippen MR) is 103 cm³/mol. The molecule has 0 bridgehead atoms. The Bertz CT molecular complexity index is 865. The van der Waals surface area contributed by atoms with Gasteiger partial charge in [0.25, 0.3) is 10.0 Å². The number of sulfonamides is 1. The first-order valence-electron chi connectivity index (χ1n) is 7.86. The van der Waals surface area contributed by atoms with Crippen molar-refractivity contribution in [1.29, 1.82) is 0 Å². The molecule has 2 aromatic rings. The number of carbonyl (C=O) groups excluding carboxylic acids is 1. The van der Waals surface area contributed by atoms with E-state index in [1.54, 1.807) is 50.2 Å². The van der Waals surface area contributed by atoms with Crippen LogP contribution in [0.25, 0.3) is 0 Å². The zero-order valence-corrected chi connectivity index (χ0v) is 17.1. The first kappa shape index (κ1) is 20.3. The van der Waals surface area contributed by atoms with Crippen LogP contribution < -0.4 is 9.04 Å². The molecule has 0 N–H and O–H groups in total. The number of ether oxygens (including phenoxy) is 2. The smallest absolute Gasteiger partial charge is 0.327 e. The van der Waals surface area contributed by atoms with E-state index in [0.29, 0.717) is 11.4 Å². The van der Waals surface area contributed by atoms with Crippen LogP contribution in [-0.2, 0) is 19.6 Å². The molecule has 8 heteroatoms. The van der Waals surface area contributed by atoms with Crippen LogP contribution in [0, 0.1) is 0 Å². The summed E-state index contributed by atoms with van der Waals surface area (Å²) in [5, 5.41) is 0. The number of esters is 1. The largest absolute Gasteiger partial charge is 0.497 e. The second-order valence-electron chi connectivity index (χ2n) is 5.71. The maximum Gasteiger partial charge on any atom is 0.327 e. The fourth-order valence-electron chi connectivity index (χ4n) is 2.23. The molecule has 0 aliphatic rings. The standard InChI is InChI=1S/C18H20BrNO5S/c1-13(2)25-18(21)12-20(15-5-4-6-16(11-15)24-3)26(22,23)17-9-7-14(19)8-10-17/h4-11,13H,12H2,1-3H3. The Balaban J connectivity index is 2.48. The molecule has 2 rings (SSSR count). The Hall–Kier alpha value is -2.06. The fourth-order valence-corrected chi connectivity index (χ4v) is 3.90. The van der Waals surface area contributed by atoms with E-state index in [1.165, 1.54) is 19.2 Å². The van der Waals surface area contributed by atoms with Gasteiger partial charge in [0, 0.05) is 10.5 Å². The molecule has 0 unspecified atom stereocenters. The van der Waals surface area contributed by atoms with Gasteiger partial charge in [0.1, 0.15) is 12.3 Å². The third-order valence-electron chi connectivity index (χ3n) is 3.38. The van der Waals surface area contributed by atoms with Gasteiger partial charge in [-0.05, 0) is 50.2 Å². The summed E-state index contributed by atoms with van der Waals surface area (Å²) in [6.07, 6.45) is -0.343. The zero-order chi connectivity index (χ0) is 19.3. The minimum Gasteiger partial charge on any atom is -0.497 e. The lowest BCUT2D eigenvalue weighted by Crippen LogP contribution is -2.37. The molecule has 0 fully saturated rings. The molecule has 0 saturated carbocycles. The molecule has 0 aliphatic heterocycles. The lowest BCUT2D eigenvalue weighted by Gasteiger charge is -2.24. The van der Waals surface area contributed by atoms with Gasteiger partial charge >= 0.3 is 5.97 Å². The number of carbonyl (C=O) groups is 1. The zero-order valence-electron chi connectivity index (χ0n) is 14.7. The maximum absolute atomic E-state index is 13.1. The van der Waals surface area contributed by atoms with Crippen molar-refractivity contribution in [2.75, 3.05) is 18.0 Å². The van der Waals surface area contributed by atoms with E-state index in [-0.39, 0.29) is 11.0 Å². The van der Waals surface area contributed by atoms with Crippen LogP contribution >= 0.6 is 15.9 Å². The number of methoxy groups -OCH3 is 1. The Kier molecular flexibility index (Phi) is 6.66. The van der Waals surface area contributed by atoms with Crippen LogP contribution in [0.15, 0.2) is 57.9 Å². The second kappa shape index (κ2) is 8.55. The third-order valence-corrected chi connectivity index (χ3v) is 5.70. The topological polar surface area (TPSA) is 72.9 Å².